The Balaban J connectivity index is 3.11. The number of carbonyl (C=O) groups excluding carboxylic acids is 1. The van der Waals surface area contributed by atoms with Gasteiger partial charge in [-0.15, -0.1) is 0 Å². The summed E-state index contributed by atoms with van der Waals surface area (Å²) in [5.41, 5.74) is 3.93. The maximum absolute atomic E-state index is 12.4. The lowest BCUT2D eigenvalue weighted by Crippen LogP contribution is -2.30. The van der Waals surface area contributed by atoms with Crippen LogP contribution >= 0.6 is 0 Å². The van der Waals surface area contributed by atoms with E-state index in [-0.39, 0.29) is 5.78 Å². The Kier molecular flexibility index (Phi) is 5.55. The highest BCUT2D eigenvalue weighted by Gasteiger charge is 2.17. The van der Waals surface area contributed by atoms with Crippen molar-refractivity contribution >= 4 is 5.78 Å². The Bertz CT molecular complexity index is 462. The first-order valence-corrected chi connectivity index (χ1v) is 6.86. The normalized spacial score (nSPS) is 10.9. The largest absolute Gasteiger partial charge is 0.496 e. The second-order valence-electron chi connectivity index (χ2n) is 4.91. The van der Waals surface area contributed by atoms with E-state index in [1.165, 1.54) is 0 Å². The summed E-state index contributed by atoms with van der Waals surface area (Å²) in [5.74, 6) is 1.08. The first-order chi connectivity index (χ1) is 8.96. The number of rotatable bonds is 6. The van der Waals surface area contributed by atoms with Crippen LogP contribution < -0.4 is 4.74 Å². The molecule has 0 aliphatic heterocycles. The number of carbonyl (C=O) groups is 1. The van der Waals surface area contributed by atoms with Crippen LogP contribution in [0.4, 0.5) is 0 Å². The van der Waals surface area contributed by atoms with Gasteiger partial charge in [0, 0.05) is 5.56 Å². The molecule has 1 aromatic carbocycles. The van der Waals surface area contributed by atoms with Crippen LogP contribution in [0.25, 0.3) is 0 Å². The maximum atomic E-state index is 12.4. The summed E-state index contributed by atoms with van der Waals surface area (Å²) in [7, 11) is 1.67. The van der Waals surface area contributed by atoms with Crippen LogP contribution in [0.2, 0.25) is 0 Å². The molecule has 0 bridgehead atoms. The predicted molar refractivity (Wildman–Crippen MR) is 79.3 cm³/mol. The van der Waals surface area contributed by atoms with Crippen LogP contribution in [0.1, 0.15) is 40.9 Å². The molecule has 0 atom stereocenters. The van der Waals surface area contributed by atoms with Gasteiger partial charge in [-0.1, -0.05) is 13.8 Å². The van der Waals surface area contributed by atoms with Crippen molar-refractivity contribution in [3.8, 4) is 5.75 Å². The highest BCUT2D eigenvalue weighted by atomic mass is 16.5. The van der Waals surface area contributed by atoms with Crippen LogP contribution in [0.15, 0.2) is 6.07 Å². The summed E-state index contributed by atoms with van der Waals surface area (Å²) < 4.78 is 5.39. The molecule has 19 heavy (non-hydrogen) atoms. The minimum atomic E-state index is 0.190. The van der Waals surface area contributed by atoms with E-state index in [1.54, 1.807) is 7.11 Å². The number of methoxy groups -OCH3 is 1. The summed E-state index contributed by atoms with van der Waals surface area (Å²) in [5, 5.41) is 0. The van der Waals surface area contributed by atoms with E-state index in [1.807, 2.05) is 26.8 Å². The Hall–Kier alpha value is -1.35. The summed E-state index contributed by atoms with van der Waals surface area (Å²) in [6.45, 7) is 12.4. The third-order valence-corrected chi connectivity index (χ3v) is 3.79. The van der Waals surface area contributed by atoms with E-state index in [0.29, 0.717) is 6.54 Å². The van der Waals surface area contributed by atoms with Gasteiger partial charge in [0.15, 0.2) is 5.78 Å². The first kappa shape index (κ1) is 15.7. The topological polar surface area (TPSA) is 29.5 Å². The minimum absolute atomic E-state index is 0.190. The Morgan fingerprint density at radius 3 is 2.21 bits per heavy atom. The van der Waals surface area contributed by atoms with Crippen molar-refractivity contribution in [3.63, 3.8) is 0 Å². The molecule has 0 unspecified atom stereocenters. The highest BCUT2D eigenvalue weighted by molar-refractivity contribution is 5.99. The number of likely N-dealkylation sites (N-methyl/N-ethyl adjacent to an activating group) is 1. The van der Waals surface area contributed by atoms with E-state index < -0.39 is 0 Å². The van der Waals surface area contributed by atoms with Gasteiger partial charge >= 0.3 is 0 Å². The van der Waals surface area contributed by atoms with Crippen molar-refractivity contribution in [3.05, 3.63) is 28.3 Å². The predicted octanol–water partition coefficient (Wildman–Crippen LogP) is 3.14. The zero-order chi connectivity index (χ0) is 14.6. The Labute approximate surface area is 116 Å². The molecular weight excluding hydrogens is 238 g/mol. The van der Waals surface area contributed by atoms with E-state index >= 15 is 0 Å². The fraction of sp³-hybridized carbons (Fsp3) is 0.562. The quantitative estimate of drug-likeness (QED) is 0.738. The van der Waals surface area contributed by atoms with Crippen molar-refractivity contribution in [1.29, 1.82) is 0 Å². The Morgan fingerprint density at radius 2 is 1.74 bits per heavy atom. The number of ketones is 1. The molecule has 0 radical (unpaired) electrons. The van der Waals surface area contributed by atoms with E-state index in [9.17, 15) is 4.79 Å². The van der Waals surface area contributed by atoms with Crippen LogP contribution in [0.3, 0.4) is 0 Å². The molecule has 0 aliphatic carbocycles. The fourth-order valence-corrected chi connectivity index (χ4v) is 2.40. The third-order valence-electron chi connectivity index (χ3n) is 3.79. The summed E-state index contributed by atoms with van der Waals surface area (Å²) in [4.78, 5) is 14.6. The summed E-state index contributed by atoms with van der Waals surface area (Å²) >= 11 is 0. The van der Waals surface area contributed by atoms with Crippen LogP contribution in [-0.2, 0) is 0 Å². The van der Waals surface area contributed by atoms with Crippen molar-refractivity contribution in [2.75, 3.05) is 26.7 Å². The van der Waals surface area contributed by atoms with Gasteiger partial charge in [-0.2, -0.15) is 0 Å². The lowest BCUT2D eigenvalue weighted by Gasteiger charge is -2.19. The van der Waals surface area contributed by atoms with E-state index in [2.05, 4.69) is 18.7 Å². The van der Waals surface area contributed by atoms with E-state index in [4.69, 9.17) is 4.74 Å². The van der Waals surface area contributed by atoms with Gasteiger partial charge in [0.25, 0.3) is 0 Å². The zero-order valence-electron chi connectivity index (χ0n) is 13.0. The first-order valence-electron chi connectivity index (χ1n) is 6.86. The molecule has 3 heteroatoms. The molecule has 0 heterocycles. The van der Waals surface area contributed by atoms with Crippen molar-refractivity contribution in [1.82, 2.24) is 4.90 Å². The molecule has 1 aromatic rings. The molecule has 0 aromatic heterocycles. The summed E-state index contributed by atoms with van der Waals surface area (Å²) in [6.07, 6.45) is 0. The number of benzene rings is 1. The number of hydrogen-bond donors (Lipinski definition) is 0. The van der Waals surface area contributed by atoms with Gasteiger partial charge in [-0.05, 0) is 56.6 Å². The zero-order valence-corrected chi connectivity index (χ0v) is 13.0. The minimum Gasteiger partial charge on any atom is -0.496 e. The molecule has 3 nitrogen and oxygen atoms in total. The van der Waals surface area contributed by atoms with Crippen LogP contribution in [0.5, 0.6) is 5.75 Å². The smallest absolute Gasteiger partial charge is 0.177 e. The van der Waals surface area contributed by atoms with Gasteiger partial charge in [0.2, 0.25) is 0 Å². The van der Waals surface area contributed by atoms with Gasteiger partial charge < -0.3 is 4.74 Å². The number of nitrogens with zero attached hydrogens (tertiary/aromatic N) is 1. The highest BCUT2D eigenvalue weighted by Crippen LogP contribution is 2.28. The molecule has 0 saturated heterocycles. The second-order valence-corrected chi connectivity index (χ2v) is 4.91. The molecule has 1 rings (SSSR count). The molecule has 0 amide bonds. The fourth-order valence-electron chi connectivity index (χ4n) is 2.40. The lowest BCUT2D eigenvalue weighted by atomic mass is 9.95. The Morgan fingerprint density at radius 1 is 1.16 bits per heavy atom. The molecule has 0 fully saturated rings. The number of Topliss-reactive ketones (excluding diaryl/α,β-unsaturated/α-hetero) is 1. The molecule has 106 valence electrons. The molecule has 0 N–H and O–H groups in total. The third kappa shape index (κ3) is 3.35. The van der Waals surface area contributed by atoms with Crippen molar-refractivity contribution in [2.45, 2.75) is 34.6 Å². The molecule has 0 saturated carbocycles. The van der Waals surface area contributed by atoms with Gasteiger partial charge in [0.05, 0.1) is 13.7 Å². The average molecular weight is 263 g/mol. The molecular formula is C16H25NO2. The SMILES string of the molecule is CCN(CC)CC(=O)c1cc(C)c(OC)c(C)c1C. The number of hydrogen-bond acceptors (Lipinski definition) is 3. The maximum Gasteiger partial charge on any atom is 0.177 e. The van der Waals surface area contributed by atoms with Gasteiger partial charge in [0.1, 0.15) is 5.75 Å². The van der Waals surface area contributed by atoms with Crippen LogP contribution in [-0.4, -0.2) is 37.4 Å². The van der Waals surface area contributed by atoms with Crippen LogP contribution in [0, 0.1) is 20.8 Å². The standard InChI is InChI=1S/C16H25NO2/c1-7-17(8-2)10-15(18)14-9-11(3)16(19-6)13(5)12(14)4/h9H,7-8,10H2,1-6H3. The number of aryl methyl sites for hydroxylation is 1. The van der Waals surface area contributed by atoms with Crippen molar-refractivity contribution in [2.24, 2.45) is 0 Å². The van der Waals surface area contributed by atoms with E-state index in [0.717, 1.165) is 41.1 Å². The van der Waals surface area contributed by atoms with Gasteiger partial charge in [-0.3, -0.25) is 9.69 Å². The molecule has 0 spiro atoms. The summed E-state index contributed by atoms with van der Waals surface area (Å²) in [6, 6.07) is 1.95. The monoisotopic (exact) mass is 263 g/mol. The van der Waals surface area contributed by atoms with Gasteiger partial charge in [-0.25, -0.2) is 0 Å². The lowest BCUT2D eigenvalue weighted by molar-refractivity contribution is 0.0936. The number of ether oxygens (including phenoxy) is 1. The molecule has 0 aliphatic rings. The van der Waals surface area contributed by atoms with Crippen molar-refractivity contribution < 1.29 is 9.53 Å². The second kappa shape index (κ2) is 6.71. The average Bonchev–Trinajstić information content (AvgIpc) is 2.40.